The van der Waals surface area contributed by atoms with Gasteiger partial charge in [-0.2, -0.15) is 0 Å². The van der Waals surface area contributed by atoms with Crippen LogP contribution in [0.1, 0.15) is 41.6 Å². The summed E-state index contributed by atoms with van der Waals surface area (Å²) in [6.07, 6.45) is 3.56. The Labute approximate surface area is 229 Å². The standard InChI is InChI=1S/C31H25NO8/c1-14-10-23(34)22-13-21-18(25(27(22)28(14)35)19-7-6-17(33)12-24(19)40-2)8-9-20-26(21)30(37)32(29(20)36)16-5-3-4-15(11-16)31(38)39/h3-8,10-12,20-21,25-26,33H,9,13H2,1-2H3,(H,38,39)/t20-,21+,25+,26-/m0/s1. The smallest absolute Gasteiger partial charge is 0.335 e. The molecule has 0 aromatic heterocycles. The number of hydrogen-bond acceptors (Lipinski definition) is 7. The van der Waals surface area contributed by atoms with E-state index in [1.54, 1.807) is 13.0 Å². The van der Waals surface area contributed by atoms with E-state index < -0.39 is 41.5 Å². The van der Waals surface area contributed by atoms with Crippen molar-refractivity contribution in [2.24, 2.45) is 17.8 Å². The van der Waals surface area contributed by atoms with E-state index in [9.17, 15) is 34.2 Å². The summed E-state index contributed by atoms with van der Waals surface area (Å²) in [6.45, 7) is 1.59. The third-order valence-corrected chi connectivity index (χ3v) is 8.44. The normalized spacial score (nSPS) is 25.7. The number of carbonyl (C=O) groups is 5. The number of phenols is 1. The average molecular weight is 540 g/mol. The summed E-state index contributed by atoms with van der Waals surface area (Å²) in [5, 5.41) is 19.5. The van der Waals surface area contributed by atoms with Gasteiger partial charge in [-0.15, -0.1) is 0 Å². The molecule has 2 aromatic rings. The van der Waals surface area contributed by atoms with Crippen molar-refractivity contribution >= 4 is 35.0 Å². The van der Waals surface area contributed by atoms with Crippen LogP contribution in [-0.2, 0) is 19.2 Å². The highest BCUT2D eigenvalue weighted by molar-refractivity contribution is 6.25. The Hall–Kier alpha value is -4.79. The van der Waals surface area contributed by atoms with Crippen LogP contribution < -0.4 is 9.64 Å². The minimum absolute atomic E-state index is 0.0298. The number of allylic oxidation sites excluding steroid dienone is 6. The van der Waals surface area contributed by atoms with Crippen molar-refractivity contribution in [3.8, 4) is 11.5 Å². The Bertz CT molecular complexity index is 1640. The number of anilines is 1. The van der Waals surface area contributed by atoms with E-state index in [1.165, 1.54) is 49.6 Å². The molecule has 1 saturated heterocycles. The van der Waals surface area contributed by atoms with Gasteiger partial charge in [-0.05, 0) is 56.0 Å². The number of carboxylic acid groups (broad SMARTS) is 1. The van der Waals surface area contributed by atoms with E-state index in [2.05, 4.69) is 0 Å². The average Bonchev–Trinajstić information content (AvgIpc) is 3.20. The molecular formula is C31H25NO8. The Morgan fingerprint density at radius 2 is 1.80 bits per heavy atom. The van der Waals surface area contributed by atoms with Crippen molar-refractivity contribution in [3.63, 3.8) is 0 Å². The highest BCUT2D eigenvalue weighted by atomic mass is 16.5. The lowest BCUT2D eigenvalue weighted by molar-refractivity contribution is -0.123. The zero-order valence-corrected chi connectivity index (χ0v) is 21.7. The molecule has 2 aromatic carbocycles. The molecule has 1 aliphatic heterocycles. The molecule has 40 heavy (non-hydrogen) atoms. The van der Waals surface area contributed by atoms with Crippen molar-refractivity contribution in [1.82, 2.24) is 0 Å². The lowest BCUT2D eigenvalue weighted by atomic mass is 9.59. The number of carbonyl (C=O) groups excluding carboxylic acids is 4. The molecule has 2 amide bonds. The van der Waals surface area contributed by atoms with Crippen LogP contribution in [0.5, 0.6) is 11.5 Å². The first-order valence-corrected chi connectivity index (χ1v) is 12.9. The molecule has 3 aliphatic carbocycles. The van der Waals surface area contributed by atoms with Gasteiger partial charge in [0.25, 0.3) is 0 Å². The van der Waals surface area contributed by atoms with E-state index in [4.69, 9.17) is 4.74 Å². The Morgan fingerprint density at radius 3 is 2.52 bits per heavy atom. The maximum absolute atomic E-state index is 13.9. The number of methoxy groups -OCH3 is 1. The number of phenolic OH excluding ortho intramolecular Hbond substituents is 1. The number of amides is 2. The van der Waals surface area contributed by atoms with Crippen LogP contribution in [0.3, 0.4) is 0 Å². The first-order valence-electron chi connectivity index (χ1n) is 12.9. The second kappa shape index (κ2) is 9.15. The number of hydrogen-bond donors (Lipinski definition) is 2. The fourth-order valence-corrected chi connectivity index (χ4v) is 6.69. The minimum atomic E-state index is -1.18. The fraction of sp³-hybridized carbons (Fsp3) is 0.258. The maximum Gasteiger partial charge on any atom is 0.335 e. The maximum atomic E-state index is 13.9. The molecule has 0 spiro atoms. The SMILES string of the molecule is COc1cc(O)ccc1[C@H]1C2=CC[C@@H]3C(=O)N(c4cccc(C(=O)O)c4)C(=O)[C@@H]3[C@@H]2CC2=C1C(=O)C(C)=CC2=O. The van der Waals surface area contributed by atoms with Gasteiger partial charge >= 0.3 is 5.97 Å². The largest absolute Gasteiger partial charge is 0.508 e. The number of ether oxygens (including phenoxy) is 1. The lowest BCUT2D eigenvalue weighted by Gasteiger charge is -2.42. The van der Waals surface area contributed by atoms with Crippen LogP contribution in [0.15, 0.2) is 76.9 Å². The third kappa shape index (κ3) is 3.65. The predicted octanol–water partition coefficient (Wildman–Crippen LogP) is 3.73. The Kier molecular flexibility index (Phi) is 5.83. The highest BCUT2D eigenvalue weighted by Crippen LogP contribution is 2.56. The number of benzene rings is 2. The second-order valence-corrected chi connectivity index (χ2v) is 10.5. The quantitative estimate of drug-likeness (QED) is 0.341. The number of nitrogens with zero attached hydrogens (tertiary/aromatic N) is 1. The molecule has 0 radical (unpaired) electrons. The summed E-state index contributed by atoms with van der Waals surface area (Å²) >= 11 is 0. The zero-order valence-electron chi connectivity index (χ0n) is 21.7. The molecule has 4 atom stereocenters. The van der Waals surface area contributed by atoms with Crippen LogP contribution in [0.25, 0.3) is 0 Å². The van der Waals surface area contributed by atoms with Crippen molar-refractivity contribution in [3.05, 3.63) is 88.0 Å². The predicted molar refractivity (Wildman–Crippen MR) is 142 cm³/mol. The number of Topliss-reactive ketones (excluding diaryl/α,β-unsaturated/α-hetero) is 1. The van der Waals surface area contributed by atoms with Gasteiger partial charge in [-0.3, -0.25) is 24.1 Å². The molecule has 4 aliphatic rings. The molecular weight excluding hydrogens is 514 g/mol. The lowest BCUT2D eigenvalue weighted by Crippen LogP contribution is -2.40. The number of aromatic hydroxyl groups is 1. The van der Waals surface area contributed by atoms with Crippen molar-refractivity contribution in [1.29, 1.82) is 0 Å². The molecule has 0 unspecified atom stereocenters. The monoisotopic (exact) mass is 539 g/mol. The van der Waals surface area contributed by atoms with Crippen LogP contribution >= 0.6 is 0 Å². The van der Waals surface area contributed by atoms with Crippen LogP contribution in [0.4, 0.5) is 5.69 Å². The third-order valence-electron chi connectivity index (χ3n) is 8.44. The first-order chi connectivity index (χ1) is 19.1. The molecule has 9 nitrogen and oxygen atoms in total. The molecule has 202 valence electrons. The van der Waals surface area contributed by atoms with Gasteiger partial charge in [0, 0.05) is 34.3 Å². The molecule has 2 N–H and O–H groups in total. The summed E-state index contributed by atoms with van der Waals surface area (Å²) in [4.78, 5) is 66.9. The van der Waals surface area contributed by atoms with Gasteiger partial charge in [-0.1, -0.05) is 23.8 Å². The number of carboxylic acids is 1. The molecule has 6 rings (SSSR count). The number of imide groups is 1. The first kappa shape index (κ1) is 25.5. The fourth-order valence-electron chi connectivity index (χ4n) is 6.69. The van der Waals surface area contributed by atoms with Gasteiger partial charge in [0.15, 0.2) is 11.6 Å². The van der Waals surface area contributed by atoms with Gasteiger partial charge in [0.1, 0.15) is 11.5 Å². The molecule has 1 heterocycles. The Balaban J connectivity index is 1.49. The molecule has 1 fully saturated rings. The summed E-state index contributed by atoms with van der Waals surface area (Å²) in [6, 6.07) is 10.3. The number of rotatable bonds is 4. The topological polar surface area (TPSA) is 138 Å². The number of ketones is 2. The molecule has 9 heteroatoms. The number of aromatic carboxylic acids is 1. The van der Waals surface area contributed by atoms with Crippen molar-refractivity contribution in [2.45, 2.75) is 25.7 Å². The number of fused-ring (bicyclic) bond motifs is 3. The van der Waals surface area contributed by atoms with E-state index in [-0.39, 0.29) is 41.4 Å². The van der Waals surface area contributed by atoms with Crippen molar-refractivity contribution < 1.29 is 38.9 Å². The van der Waals surface area contributed by atoms with E-state index in [0.717, 1.165) is 10.5 Å². The van der Waals surface area contributed by atoms with Crippen molar-refractivity contribution in [2.75, 3.05) is 12.0 Å². The summed E-state index contributed by atoms with van der Waals surface area (Å²) in [7, 11) is 1.44. The summed E-state index contributed by atoms with van der Waals surface area (Å²) in [5.41, 5.74) is 2.41. The summed E-state index contributed by atoms with van der Waals surface area (Å²) in [5.74, 6) is -5.08. The van der Waals surface area contributed by atoms with Gasteiger partial charge in [0.05, 0.1) is 30.2 Å². The van der Waals surface area contributed by atoms with E-state index in [1.807, 2.05) is 6.08 Å². The molecule has 0 bridgehead atoms. The van der Waals surface area contributed by atoms with Gasteiger partial charge in [-0.25, -0.2) is 4.79 Å². The second-order valence-electron chi connectivity index (χ2n) is 10.5. The van der Waals surface area contributed by atoms with Crippen LogP contribution in [0.2, 0.25) is 0 Å². The minimum Gasteiger partial charge on any atom is -0.508 e. The van der Waals surface area contributed by atoms with E-state index in [0.29, 0.717) is 28.0 Å². The van der Waals surface area contributed by atoms with Crippen LogP contribution in [-0.4, -0.2) is 46.7 Å². The van der Waals surface area contributed by atoms with Crippen LogP contribution in [0, 0.1) is 17.8 Å². The highest BCUT2D eigenvalue weighted by Gasteiger charge is 2.56. The Morgan fingerprint density at radius 1 is 1.02 bits per heavy atom. The summed E-state index contributed by atoms with van der Waals surface area (Å²) < 4.78 is 5.56. The zero-order chi connectivity index (χ0) is 28.5. The van der Waals surface area contributed by atoms with Gasteiger partial charge in [0.2, 0.25) is 11.8 Å². The van der Waals surface area contributed by atoms with E-state index >= 15 is 0 Å². The van der Waals surface area contributed by atoms with Gasteiger partial charge < -0.3 is 14.9 Å². The molecule has 0 saturated carbocycles.